The van der Waals surface area contributed by atoms with Crippen molar-refractivity contribution in [1.29, 1.82) is 0 Å². The van der Waals surface area contributed by atoms with Crippen LogP contribution >= 0.6 is 11.8 Å². The number of carboxylic acids is 1. The number of carbonyl (C=O) groups is 1. The van der Waals surface area contributed by atoms with E-state index in [0.29, 0.717) is 6.07 Å². The molecule has 0 aliphatic carbocycles. The first kappa shape index (κ1) is 14.9. The molecule has 0 saturated heterocycles. The minimum absolute atomic E-state index is 0.238. The highest BCUT2D eigenvalue weighted by Gasteiger charge is 2.26. The molecule has 0 spiro atoms. The predicted molar refractivity (Wildman–Crippen MR) is 63.8 cm³/mol. The molecule has 18 heavy (non-hydrogen) atoms. The molecule has 0 heterocycles. The summed E-state index contributed by atoms with van der Waals surface area (Å²) in [4.78, 5) is 9.87. The van der Waals surface area contributed by atoms with Crippen LogP contribution in [-0.2, 0) is 9.84 Å². The zero-order valence-corrected chi connectivity index (χ0v) is 10.9. The average Bonchev–Trinajstić information content (AvgIpc) is 2.25. The molecule has 1 rings (SSSR count). The van der Waals surface area contributed by atoms with Crippen molar-refractivity contribution >= 4 is 27.6 Å². The maximum Gasteiger partial charge on any atom is 0.341 e. The summed E-state index contributed by atoms with van der Waals surface area (Å²) in [6.07, 6.45) is 1.68. The molecule has 1 aromatic carbocycles. The number of rotatable bonds is 5. The fourth-order valence-electron chi connectivity index (χ4n) is 1.27. The SMILES string of the molecule is CSCCS(=O)(=O)c1ccc(F)c(C(=O)O)c1F. The molecule has 100 valence electrons. The first-order chi connectivity index (χ1) is 8.31. The lowest BCUT2D eigenvalue weighted by Crippen LogP contribution is -2.14. The Morgan fingerprint density at radius 2 is 2.00 bits per heavy atom. The second kappa shape index (κ2) is 5.66. The summed E-state index contributed by atoms with van der Waals surface area (Å²) in [5.74, 6) is -4.79. The first-order valence-electron chi connectivity index (χ1n) is 4.74. The smallest absolute Gasteiger partial charge is 0.341 e. The topological polar surface area (TPSA) is 71.4 Å². The monoisotopic (exact) mass is 296 g/mol. The number of thioether (sulfide) groups is 1. The highest BCUT2D eigenvalue weighted by atomic mass is 32.2. The van der Waals surface area contributed by atoms with E-state index in [0.717, 1.165) is 6.07 Å². The number of aromatic carboxylic acids is 1. The van der Waals surface area contributed by atoms with Crippen LogP contribution in [0.3, 0.4) is 0 Å². The molecule has 0 aromatic heterocycles. The predicted octanol–water partition coefficient (Wildman–Crippen LogP) is 1.80. The van der Waals surface area contributed by atoms with Gasteiger partial charge in [-0.05, 0) is 18.4 Å². The van der Waals surface area contributed by atoms with Gasteiger partial charge in [0.25, 0.3) is 0 Å². The molecule has 0 aliphatic rings. The van der Waals surface area contributed by atoms with Crippen LogP contribution in [-0.4, -0.2) is 37.3 Å². The van der Waals surface area contributed by atoms with Gasteiger partial charge in [0, 0.05) is 5.75 Å². The number of benzene rings is 1. The molecule has 8 heteroatoms. The third-order valence-corrected chi connectivity index (χ3v) is 4.76. The van der Waals surface area contributed by atoms with E-state index in [1.165, 1.54) is 11.8 Å². The minimum Gasteiger partial charge on any atom is -0.477 e. The highest BCUT2D eigenvalue weighted by molar-refractivity contribution is 8.00. The van der Waals surface area contributed by atoms with Gasteiger partial charge in [-0.15, -0.1) is 0 Å². The van der Waals surface area contributed by atoms with Crippen LogP contribution in [0.4, 0.5) is 8.78 Å². The van der Waals surface area contributed by atoms with Gasteiger partial charge in [0.05, 0.1) is 5.75 Å². The Bertz CT molecular complexity index is 569. The van der Waals surface area contributed by atoms with Gasteiger partial charge in [-0.3, -0.25) is 0 Å². The summed E-state index contributed by atoms with van der Waals surface area (Å²) in [5, 5.41) is 8.63. The zero-order chi connectivity index (χ0) is 13.9. The Hall–Kier alpha value is -1.15. The van der Waals surface area contributed by atoms with Gasteiger partial charge in [-0.1, -0.05) is 0 Å². The van der Waals surface area contributed by atoms with E-state index in [4.69, 9.17) is 5.11 Å². The van der Waals surface area contributed by atoms with E-state index in [1.807, 2.05) is 0 Å². The molecular weight excluding hydrogens is 286 g/mol. The molecule has 0 amide bonds. The molecule has 1 aromatic rings. The Morgan fingerprint density at radius 3 is 2.50 bits per heavy atom. The van der Waals surface area contributed by atoms with Crippen molar-refractivity contribution in [3.63, 3.8) is 0 Å². The Balaban J connectivity index is 3.36. The van der Waals surface area contributed by atoms with E-state index in [-0.39, 0.29) is 11.5 Å². The van der Waals surface area contributed by atoms with E-state index in [1.54, 1.807) is 6.26 Å². The van der Waals surface area contributed by atoms with Gasteiger partial charge in [0.15, 0.2) is 15.7 Å². The van der Waals surface area contributed by atoms with Crippen molar-refractivity contribution in [1.82, 2.24) is 0 Å². The van der Waals surface area contributed by atoms with E-state index >= 15 is 0 Å². The largest absolute Gasteiger partial charge is 0.477 e. The number of hydrogen-bond acceptors (Lipinski definition) is 4. The first-order valence-corrected chi connectivity index (χ1v) is 7.79. The quantitative estimate of drug-likeness (QED) is 0.839. The van der Waals surface area contributed by atoms with Crippen molar-refractivity contribution in [2.75, 3.05) is 17.8 Å². The third kappa shape index (κ3) is 2.99. The fourth-order valence-corrected chi connectivity index (χ4v) is 3.69. The van der Waals surface area contributed by atoms with Crippen LogP contribution in [0.5, 0.6) is 0 Å². The summed E-state index contributed by atoms with van der Waals surface area (Å²) in [6.45, 7) is 0. The van der Waals surface area contributed by atoms with E-state index in [2.05, 4.69) is 0 Å². The summed E-state index contributed by atoms with van der Waals surface area (Å²) in [6, 6.07) is 1.38. The standard InChI is InChI=1S/C10H10F2O4S2/c1-17-4-5-18(15,16)7-3-2-6(11)8(9(7)12)10(13)14/h2-3H,4-5H2,1H3,(H,13,14). The molecule has 0 atom stereocenters. The molecule has 1 N–H and O–H groups in total. The molecule has 0 bridgehead atoms. The average molecular weight is 296 g/mol. The van der Waals surface area contributed by atoms with E-state index in [9.17, 15) is 22.0 Å². The molecule has 0 unspecified atom stereocenters. The second-order valence-corrected chi connectivity index (χ2v) is 6.41. The summed E-state index contributed by atoms with van der Waals surface area (Å²) in [7, 11) is -3.95. The van der Waals surface area contributed by atoms with Crippen LogP contribution in [0.2, 0.25) is 0 Å². The summed E-state index contributed by atoms with van der Waals surface area (Å²) < 4.78 is 50.3. The maximum atomic E-state index is 13.7. The summed E-state index contributed by atoms with van der Waals surface area (Å²) >= 11 is 1.25. The maximum absolute atomic E-state index is 13.7. The molecule has 0 fully saturated rings. The molecular formula is C10H10F2O4S2. The number of carboxylic acid groups (broad SMARTS) is 1. The lowest BCUT2D eigenvalue weighted by molar-refractivity contribution is 0.0685. The molecule has 0 radical (unpaired) electrons. The van der Waals surface area contributed by atoms with Crippen LogP contribution < -0.4 is 0 Å². The van der Waals surface area contributed by atoms with Crippen molar-refractivity contribution in [3.05, 3.63) is 29.3 Å². The lowest BCUT2D eigenvalue weighted by Gasteiger charge is -2.07. The fraction of sp³-hybridized carbons (Fsp3) is 0.300. The van der Waals surface area contributed by atoms with Gasteiger partial charge < -0.3 is 5.11 Å². The van der Waals surface area contributed by atoms with Crippen LogP contribution in [0.15, 0.2) is 17.0 Å². The number of sulfone groups is 1. The van der Waals surface area contributed by atoms with Gasteiger partial charge >= 0.3 is 5.97 Å². The van der Waals surface area contributed by atoms with E-state index < -0.39 is 37.9 Å². The Morgan fingerprint density at radius 1 is 1.39 bits per heavy atom. The zero-order valence-electron chi connectivity index (χ0n) is 9.31. The Labute approximate surface area is 107 Å². The molecule has 0 saturated carbocycles. The van der Waals surface area contributed by atoms with Gasteiger partial charge in [0.1, 0.15) is 16.3 Å². The van der Waals surface area contributed by atoms with Crippen molar-refractivity contribution in [2.24, 2.45) is 0 Å². The second-order valence-electron chi connectivity index (χ2n) is 3.35. The van der Waals surface area contributed by atoms with Crippen molar-refractivity contribution in [3.8, 4) is 0 Å². The highest BCUT2D eigenvalue weighted by Crippen LogP contribution is 2.22. The number of hydrogen-bond donors (Lipinski definition) is 1. The van der Waals surface area contributed by atoms with Gasteiger partial charge in [-0.25, -0.2) is 22.0 Å². The van der Waals surface area contributed by atoms with Gasteiger partial charge in [0.2, 0.25) is 0 Å². The number of halogens is 2. The van der Waals surface area contributed by atoms with Crippen LogP contribution in [0.25, 0.3) is 0 Å². The lowest BCUT2D eigenvalue weighted by atomic mass is 10.2. The normalized spacial score (nSPS) is 11.5. The van der Waals surface area contributed by atoms with Crippen LogP contribution in [0.1, 0.15) is 10.4 Å². The Kier molecular flexibility index (Phi) is 4.69. The third-order valence-electron chi connectivity index (χ3n) is 2.16. The van der Waals surface area contributed by atoms with Crippen molar-refractivity contribution in [2.45, 2.75) is 4.90 Å². The minimum atomic E-state index is -3.95. The van der Waals surface area contributed by atoms with Crippen molar-refractivity contribution < 1.29 is 27.1 Å². The van der Waals surface area contributed by atoms with Crippen LogP contribution in [0, 0.1) is 11.6 Å². The molecule has 4 nitrogen and oxygen atoms in total. The molecule has 0 aliphatic heterocycles. The summed E-state index contributed by atoms with van der Waals surface area (Å²) in [5.41, 5.74) is -1.25. The van der Waals surface area contributed by atoms with Gasteiger partial charge in [-0.2, -0.15) is 11.8 Å².